The molecule has 0 bridgehead atoms. The van der Waals surface area contributed by atoms with Gasteiger partial charge in [0.25, 0.3) is 0 Å². The molecule has 0 fully saturated rings. The monoisotopic (exact) mass is 430 g/mol. The van der Waals surface area contributed by atoms with E-state index in [0.29, 0.717) is 0 Å². The van der Waals surface area contributed by atoms with E-state index in [0.717, 1.165) is 0 Å². The highest BCUT2D eigenvalue weighted by molar-refractivity contribution is 6.14. The van der Waals surface area contributed by atoms with Crippen LogP contribution in [0.25, 0.3) is 43.8 Å². The van der Waals surface area contributed by atoms with Gasteiger partial charge in [-0.15, -0.1) is 0 Å². The van der Waals surface area contributed by atoms with Crippen molar-refractivity contribution in [3.05, 3.63) is 156 Å². The van der Waals surface area contributed by atoms with Crippen LogP contribution < -0.4 is 0 Å². The molecule has 0 heteroatoms. The largest absolute Gasteiger partial charge is 0.0616 e. The first-order valence-corrected chi connectivity index (χ1v) is 11.8. The Morgan fingerprint density at radius 2 is 0.706 bits per heavy atom. The van der Waals surface area contributed by atoms with Crippen molar-refractivity contribution in [2.45, 2.75) is 0 Å². The molecule has 0 saturated carbocycles. The quantitative estimate of drug-likeness (QED) is 0.257. The summed E-state index contributed by atoms with van der Waals surface area (Å²) in [7, 11) is 0. The van der Waals surface area contributed by atoms with Crippen LogP contribution in [0.15, 0.2) is 133 Å². The second kappa shape index (κ2) is 7.57. The topological polar surface area (TPSA) is 0 Å². The standard InChI is InChI=1S/C34H22/c1-3-11-25-21-27(19-17-23(25)9-1)33(28-20-18-24-10-2-4-12-26(24)22-28)34-31-15-7-5-13-29(31)30-14-6-8-16-32(30)34/h1-22H. The Morgan fingerprint density at radius 1 is 0.324 bits per heavy atom. The van der Waals surface area contributed by atoms with Crippen molar-refractivity contribution in [2.24, 2.45) is 0 Å². The maximum Gasteiger partial charge on any atom is -0.00143 e. The summed E-state index contributed by atoms with van der Waals surface area (Å²) < 4.78 is 0. The molecule has 0 amide bonds. The third kappa shape index (κ3) is 2.93. The van der Waals surface area contributed by atoms with E-state index in [9.17, 15) is 0 Å². The van der Waals surface area contributed by atoms with Gasteiger partial charge >= 0.3 is 0 Å². The zero-order valence-corrected chi connectivity index (χ0v) is 18.7. The van der Waals surface area contributed by atoms with Gasteiger partial charge in [-0.3, -0.25) is 0 Å². The smallest absolute Gasteiger partial charge is 0.00143 e. The summed E-state index contributed by atoms with van der Waals surface area (Å²) >= 11 is 0. The first kappa shape index (κ1) is 19.1. The number of hydrogen-bond acceptors (Lipinski definition) is 0. The molecule has 0 heterocycles. The van der Waals surface area contributed by atoms with E-state index in [1.807, 2.05) is 0 Å². The molecule has 0 spiro atoms. The zero-order chi connectivity index (χ0) is 22.5. The maximum absolute atomic E-state index is 2.34. The molecule has 158 valence electrons. The van der Waals surface area contributed by atoms with Crippen LogP contribution in [0.2, 0.25) is 0 Å². The van der Waals surface area contributed by atoms with Crippen molar-refractivity contribution in [3.63, 3.8) is 0 Å². The number of fused-ring (bicyclic) bond motifs is 5. The molecule has 0 aliphatic heterocycles. The second-order valence-electron chi connectivity index (χ2n) is 8.97. The molecule has 1 aliphatic carbocycles. The van der Waals surface area contributed by atoms with Gasteiger partial charge in [-0.05, 0) is 78.2 Å². The minimum absolute atomic E-state index is 1.25. The van der Waals surface area contributed by atoms with Crippen LogP contribution in [0.5, 0.6) is 0 Å². The third-order valence-electron chi connectivity index (χ3n) is 7.01. The fourth-order valence-corrected chi connectivity index (χ4v) is 5.43. The molecule has 1 aliphatic rings. The predicted molar refractivity (Wildman–Crippen MR) is 145 cm³/mol. The van der Waals surface area contributed by atoms with E-state index in [1.54, 1.807) is 0 Å². The van der Waals surface area contributed by atoms with E-state index >= 15 is 0 Å². The van der Waals surface area contributed by atoms with Crippen molar-refractivity contribution in [3.8, 4) is 11.1 Å². The average Bonchev–Trinajstić information content (AvgIpc) is 3.23. The second-order valence-corrected chi connectivity index (χ2v) is 8.97. The normalized spacial score (nSPS) is 12.1. The van der Waals surface area contributed by atoms with Crippen LogP contribution in [0.3, 0.4) is 0 Å². The lowest BCUT2D eigenvalue weighted by Gasteiger charge is -2.16. The van der Waals surface area contributed by atoms with Crippen LogP contribution >= 0.6 is 0 Å². The highest BCUT2D eigenvalue weighted by atomic mass is 14.3. The summed E-state index contributed by atoms with van der Waals surface area (Å²) in [5.41, 5.74) is 10.3. The Bertz CT molecular complexity index is 1620. The Morgan fingerprint density at radius 3 is 1.18 bits per heavy atom. The predicted octanol–water partition coefficient (Wildman–Crippen LogP) is 8.98. The molecule has 7 rings (SSSR count). The molecule has 0 N–H and O–H groups in total. The van der Waals surface area contributed by atoms with Crippen LogP contribution in [0.4, 0.5) is 0 Å². The molecule has 34 heavy (non-hydrogen) atoms. The SMILES string of the molecule is c1ccc2c(c1)C(=C(c1ccc3ccccc3c1)c1ccc3ccccc3c1)c1ccccc1-2. The van der Waals surface area contributed by atoms with Crippen molar-refractivity contribution in [1.29, 1.82) is 0 Å². The van der Waals surface area contributed by atoms with Crippen molar-refractivity contribution < 1.29 is 0 Å². The van der Waals surface area contributed by atoms with Crippen LogP contribution in [0.1, 0.15) is 22.3 Å². The van der Waals surface area contributed by atoms with Gasteiger partial charge in [-0.25, -0.2) is 0 Å². The zero-order valence-electron chi connectivity index (χ0n) is 18.7. The van der Waals surface area contributed by atoms with E-state index in [2.05, 4.69) is 133 Å². The van der Waals surface area contributed by atoms with Crippen molar-refractivity contribution in [2.75, 3.05) is 0 Å². The summed E-state index contributed by atoms with van der Waals surface area (Å²) in [4.78, 5) is 0. The van der Waals surface area contributed by atoms with E-state index in [1.165, 1.54) is 66.1 Å². The van der Waals surface area contributed by atoms with E-state index in [4.69, 9.17) is 0 Å². The van der Waals surface area contributed by atoms with E-state index < -0.39 is 0 Å². The Hall–Kier alpha value is -4.42. The van der Waals surface area contributed by atoms with Gasteiger partial charge in [0.1, 0.15) is 0 Å². The molecule has 0 atom stereocenters. The number of hydrogen-bond donors (Lipinski definition) is 0. The van der Waals surface area contributed by atoms with Gasteiger partial charge in [0, 0.05) is 0 Å². The third-order valence-corrected chi connectivity index (χ3v) is 7.01. The van der Waals surface area contributed by atoms with Crippen LogP contribution in [-0.2, 0) is 0 Å². The first-order valence-electron chi connectivity index (χ1n) is 11.8. The molecule has 0 radical (unpaired) electrons. The van der Waals surface area contributed by atoms with E-state index in [-0.39, 0.29) is 0 Å². The minimum atomic E-state index is 1.25. The van der Waals surface area contributed by atoms with Crippen molar-refractivity contribution >= 4 is 32.7 Å². The lowest BCUT2D eigenvalue weighted by molar-refractivity contribution is 1.57. The fraction of sp³-hybridized carbons (Fsp3) is 0. The molecule has 6 aromatic carbocycles. The molecular formula is C34H22. The summed E-state index contributed by atoms with van der Waals surface area (Å²) in [6.45, 7) is 0. The minimum Gasteiger partial charge on any atom is -0.0616 e. The lowest BCUT2D eigenvalue weighted by Crippen LogP contribution is -1.95. The highest BCUT2D eigenvalue weighted by Gasteiger charge is 2.26. The Labute approximate surface area is 199 Å². The van der Waals surface area contributed by atoms with Gasteiger partial charge < -0.3 is 0 Å². The van der Waals surface area contributed by atoms with Gasteiger partial charge in [-0.1, -0.05) is 121 Å². The average molecular weight is 431 g/mol. The van der Waals surface area contributed by atoms with Gasteiger partial charge in [-0.2, -0.15) is 0 Å². The van der Waals surface area contributed by atoms with Crippen molar-refractivity contribution in [1.82, 2.24) is 0 Å². The van der Waals surface area contributed by atoms with Gasteiger partial charge in [0.05, 0.1) is 0 Å². The Kier molecular flexibility index (Phi) is 4.25. The lowest BCUT2D eigenvalue weighted by atomic mass is 9.87. The fourth-order valence-electron chi connectivity index (χ4n) is 5.43. The molecule has 0 saturated heterocycles. The van der Waals surface area contributed by atoms with Crippen LogP contribution in [0, 0.1) is 0 Å². The molecule has 6 aromatic rings. The summed E-state index contributed by atoms with van der Waals surface area (Å²) in [5, 5.41) is 5.06. The van der Waals surface area contributed by atoms with Gasteiger partial charge in [0.15, 0.2) is 0 Å². The Balaban J connectivity index is 1.61. The molecular weight excluding hydrogens is 408 g/mol. The summed E-state index contributed by atoms with van der Waals surface area (Å²) in [6.07, 6.45) is 0. The van der Waals surface area contributed by atoms with Gasteiger partial charge in [0.2, 0.25) is 0 Å². The summed E-state index contributed by atoms with van der Waals surface area (Å²) in [6, 6.07) is 48.6. The molecule has 0 aromatic heterocycles. The molecule has 0 nitrogen and oxygen atoms in total. The number of benzene rings is 6. The molecule has 0 unspecified atom stereocenters. The highest BCUT2D eigenvalue weighted by Crippen LogP contribution is 2.49. The maximum atomic E-state index is 2.34. The van der Waals surface area contributed by atoms with Crippen LogP contribution in [-0.4, -0.2) is 0 Å². The first-order chi connectivity index (χ1) is 16.9. The summed E-state index contributed by atoms with van der Waals surface area (Å²) in [5.74, 6) is 0. The number of rotatable bonds is 2.